The van der Waals surface area contributed by atoms with Crippen LogP contribution in [0, 0.1) is 5.82 Å². The summed E-state index contributed by atoms with van der Waals surface area (Å²) in [6.07, 6.45) is 1.70. The molecule has 2 aromatic carbocycles. The molecule has 2 heterocycles. The van der Waals surface area contributed by atoms with Crippen LogP contribution in [0.25, 0.3) is 0 Å². The van der Waals surface area contributed by atoms with Crippen molar-refractivity contribution in [2.45, 2.75) is 5.03 Å². The number of benzene rings is 2. The number of aromatic nitrogens is 1. The minimum atomic E-state index is -0.406. The average molecular weight is 451 g/mol. The maximum Gasteiger partial charge on any atom is 0.254 e. The first-order chi connectivity index (χ1) is 15.6. The Balaban J connectivity index is 1.26. The summed E-state index contributed by atoms with van der Waals surface area (Å²) < 4.78 is 13.4. The number of rotatable bonds is 6. The lowest BCUT2D eigenvalue weighted by Gasteiger charge is -2.36. The van der Waals surface area contributed by atoms with Crippen LogP contribution in [0.3, 0.4) is 0 Å². The summed E-state index contributed by atoms with van der Waals surface area (Å²) in [7, 11) is 0. The molecule has 8 heteroatoms. The number of halogens is 1. The van der Waals surface area contributed by atoms with Crippen LogP contribution >= 0.6 is 11.8 Å². The van der Waals surface area contributed by atoms with E-state index >= 15 is 0 Å². The van der Waals surface area contributed by atoms with E-state index in [4.69, 9.17) is 0 Å². The first-order valence-electron chi connectivity index (χ1n) is 10.3. The third kappa shape index (κ3) is 5.64. The summed E-state index contributed by atoms with van der Waals surface area (Å²) in [5.74, 6) is -0.347. The average Bonchev–Trinajstić information content (AvgIpc) is 2.83. The molecular weight excluding hydrogens is 427 g/mol. The fourth-order valence-corrected chi connectivity index (χ4v) is 4.16. The highest BCUT2D eigenvalue weighted by molar-refractivity contribution is 7.99. The molecule has 0 bridgehead atoms. The molecule has 164 valence electrons. The van der Waals surface area contributed by atoms with Crippen LogP contribution in [-0.2, 0) is 4.79 Å². The Kier molecular flexibility index (Phi) is 7.01. The summed E-state index contributed by atoms with van der Waals surface area (Å²) in [5.41, 5.74) is 2.14. The van der Waals surface area contributed by atoms with Crippen LogP contribution < -0.4 is 10.2 Å². The molecule has 0 aliphatic carbocycles. The van der Waals surface area contributed by atoms with Crippen molar-refractivity contribution in [3.8, 4) is 0 Å². The highest BCUT2D eigenvalue weighted by atomic mass is 32.2. The number of hydrogen-bond acceptors (Lipinski definition) is 5. The zero-order valence-corrected chi connectivity index (χ0v) is 18.2. The minimum absolute atomic E-state index is 0.0853. The highest BCUT2D eigenvalue weighted by Crippen LogP contribution is 2.21. The molecule has 1 N–H and O–H groups in total. The van der Waals surface area contributed by atoms with Gasteiger partial charge in [0.2, 0.25) is 5.91 Å². The molecule has 0 saturated carbocycles. The molecule has 1 saturated heterocycles. The monoisotopic (exact) mass is 450 g/mol. The van der Waals surface area contributed by atoms with Gasteiger partial charge in [-0.15, -0.1) is 0 Å². The van der Waals surface area contributed by atoms with Crippen molar-refractivity contribution in [2.24, 2.45) is 0 Å². The second-order valence-electron chi connectivity index (χ2n) is 7.34. The SMILES string of the molecule is O=C(CSc1ccccn1)Nc1ccc(N2CCN(C(=O)c3cccc(F)c3)CC2)cc1. The molecule has 3 aromatic rings. The largest absolute Gasteiger partial charge is 0.368 e. The predicted octanol–water partition coefficient (Wildman–Crippen LogP) is 3.91. The Morgan fingerprint density at radius 1 is 0.969 bits per heavy atom. The van der Waals surface area contributed by atoms with Gasteiger partial charge >= 0.3 is 0 Å². The Bertz CT molecular complexity index is 1070. The molecule has 4 rings (SSSR count). The molecule has 32 heavy (non-hydrogen) atoms. The maximum atomic E-state index is 13.4. The third-order valence-corrected chi connectivity index (χ3v) is 6.09. The number of hydrogen-bond donors (Lipinski definition) is 1. The Labute approximate surface area is 190 Å². The van der Waals surface area contributed by atoms with Gasteiger partial charge in [0.15, 0.2) is 0 Å². The van der Waals surface area contributed by atoms with Gasteiger partial charge in [-0.25, -0.2) is 9.37 Å². The molecule has 0 radical (unpaired) electrons. The summed E-state index contributed by atoms with van der Waals surface area (Å²) >= 11 is 1.39. The molecule has 0 spiro atoms. The lowest BCUT2D eigenvalue weighted by molar-refractivity contribution is -0.113. The number of nitrogens with one attached hydrogen (secondary N) is 1. The summed E-state index contributed by atoms with van der Waals surface area (Å²) in [5, 5.41) is 3.71. The molecule has 2 amide bonds. The third-order valence-electron chi connectivity index (χ3n) is 5.14. The first-order valence-corrected chi connectivity index (χ1v) is 11.3. The maximum absolute atomic E-state index is 13.4. The molecule has 1 aliphatic heterocycles. The summed E-state index contributed by atoms with van der Waals surface area (Å²) in [6, 6.07) is 19.1. The van der Waals surface area contributed by atoms with Gasteiger partial charge in [0.1, 0.15) is 5.82 Å². The molecule has 0 unspecified atom stereocenters. The molecule has 1 aromatic heterocycles. The number of nitrogens with zero attached hydrogens (tertiary/aromatic N) is 3. The molecule has 1 aliphatic rings. The number of amides is 2. The van der Waals surface area contributed by atoms with E-state index in [0.29, 0.717) is 37.5 Å². The first kappa shape index (κ1) is 21.8. The Morgan fingerprint density at radius 2 is 1.75 bits per heavy atom. The van der Waals surface area contributed by atoms with Gasteiger partial charge in [-0.1, -0.05) is 23.9 Å². The van der Waals surface area contributed by atoms with E-state index < -0.39 is 5.82 Å². The minimum Gasteiger partial charge on any atom is -0.368 e. The zero-order valence-electron chi connectivity index (χ0n) is 17.4. The smallest absolute Gasteiger partial charge is 0.254 e. The van der Waals surface area contributed by atoms with Crippen LogP contribution in [0.1, 0.15) is 10.4 Å². The Morgan fingerprint density at radius 3 is 2.44 bits per heavy atom. The molecular formula is C24H23FN4O2S. The van der Waals surface area contributed by atoms with Gasteiger partial charge in [-0.2, -0.15) is 0 Å². The van der Waals surface area contributed by atoms with Gasteiger partial charge in [-0.05, 0) is 54.6 Å². The van der Waals surface area contributed by atoms with Gasteiger partial charge in [-0.3, -0.25) is 9.59 Å². The number of carbonyl (C=O) groups is 2. The number of thioether (sulfide) groups is 1. The zero-order chi connectivity index (χ0) is 22.3. The molecule has 0 atom stereocenters. The van der Waals surface area contributed by atoms with E-state index in [9.17, 15) is 14.0 Å². The van der Waals surface area contributed by atoms with Gasteiger partial charge in [0.25, 0.3) is 5.91 Å². The lowest BCUT2D eigenvalue weighted by atomic mass is 10.1. The second kappa shape index (κ2) is 10.3. The summed E-state index contributed by atoms with van der Waals surface area (Å²) in [4.78, 5) is 32.9. The van der Waals surface area contributed by atoms with E-state index in [1.165, 1.54) is 23.9 Å². The quantitative estimate of drug-likeness (QED) is 0.577. The Hall–Kier alpha value is -3.39. The van der Waals surface area contributed by atoms with E-state index in [1.807, 2.05) is 42.5 Å². The number of pyridine rings is 1. The van der Waals surface area contributed by atoms with Crippen molar-refractivity contribution < 1.29 is 14.0 Å². The normalized spacial score (nSPS) is 13.7. The van der Waals surface area contributed by atoms with Crippen molar-refractivity contribution >= 4 is 35.0 Å². The van der Waals surface area contributed by atoms with Crippen molar-refractivity contribution in [1.29, 1.82) is 0 Å². The number of piperazine rings is 1. The number of carbonyl (C=O) groups excluding carboxylic acids is 2. The fourth-order valence-electron chi connectivity index (χ4n) is 3.50. The van der Waals surface area contributed by atoms with E-state index in [0.717, 1.165) is 16.4 Å². The van der Waals surface area contributed by atoms with Crippen LogP contribution in [0.5, 0.6) is 0 Å². The fraction of sp³-hybridized carbons (Fsp3) is 0.208. The van der Waals surface area contributed by atoms with Crippen molar-refractivity contribution in [1.82, 2.24) is 9.88 Å². The predicted molar refractivity (Wildman–Crippen MR) is 125 cm³/mol. The molecule has 1 fully saturated rings. The van der Waals surface area contributed by atoms with Crippen LogP contribution in [0.4, 0.5) is 15.8 Å². The highest BCUT2D eigenvalue weighted by Gasteiger charge is 2.22. The van der Waals surface area contributed by atoms with Crippen LogP contribution in [0.2, 0.25) is 0 Å². The van der Waals surface area contributed by atoms with E-state index in [2.05, 4.69) is 15.2 Å². The van der Waals surface area contributed by atoms with E-state index in [1.54, 1.807) is 23.2 Å². The lowest BCUT2D eigenvalue weighted by Crippen LogP contribution is -2.48. The van der Waals surface area contributed by atoms with Crippen LogP contribution in [0.15, 0.2) is 78.0 Å². The van der Waals surface area contributed by atoms with Crippen molar-refractivity contribution in [3.05, 3.63) is 84.3 Å². The number of anilines is 2. The van der Waals surface area contributed by atoms with Crippen molar-refractivity contribution in [3.63, 3.8) is 0 Å². The topological polar surface area (TPSA) is 65.5 Å². The second-order valence-corrected chi connectivity index (χ2v) is 8.34. The van der Waals surface area contributed by atoms with Gasteiger partial charge in [0, 0.05) is 49.3 Å². The van der Waals surface area contributed by atoms with E-state index in [-0.39, 0.29) is 11.8 Å². The standard InChI is InChI=1S/C24H23FN4O2S/c25-19-5-3-4-18(16-19)24(31)29-14-12-28(13-15-29)21-9-7-20(8-10-21)27-22(30)17-32-23-6-1-2-11-26-23/h1-11,16H,12-15,17H2,(H,27,30). The molecule has 6 nitrogen and oxygen atoms in total. The van der Waals surface area contributed by atoms with Crippen molar-refractivity contribution in [2.75, 3.05) is 42.1 Å². The van der Waals surface area contributed by atoms with Gasteiger partial charge in [0.05, 0.1) is 10.8 Å². The van der Waals surface area contributed by atoms with Crippen LogP contribution in [-0.4, -0.2) is 53.6 Å². The van der Waals surface area contributed by atoms with Gasteiger partial charge < -0.3 is 15.1 Å². The summed E-state index contributed by atoms with van der Waals surface area (Å²) in [6.45, 7) is 2.51.